The minimum atomic E-state index is -1.08. The van der Waals surface area contributed by atoms with E-state index in [1.54, 1.807) is 12.0 Å². The first kappa shape index (κ1) is 16.9. The summed E-state index contributed by atoms with van der Waals surface area (Å²) in [5.74, 6) is -1.27. The number of amides is 1. The summed E-state index contributed by atoms with van der Waals surface area (Å²) in [6.45, 7) is 4.33. The van der Waals surface area contributed by atoms with E-state index >= 15 is 0 Å². The maximum atomic E-state index is 11.9. The molecule has 0 aliphatic rings. The number of hydrogen-bond donors (Lipinski definition) is 1. The number of nitrogens with zero attached hydrogens (tertiary/aromatic N) is 1. The minimum absolute atomic E-state index is 0.140. The molecule has 0 bridgehead atoms. The van der Waals surface area contributed by atoms with E-state index < -0.39 is 12.6 Å². The smallest absolute Gasteiger partial charge is 0.329 e. The van der Waals surface area contributed by atoms with E-state index in [9.17, 15) is 9.59 Å². The van der Waals surface area contributed by atoms with Crippen molar-refractivity contribution in [2.45, 2.75) is 32.7 Å². The summed E-state index contributed by atoms with van der Waals surface area (Å²) in [5.41, 5.74) is 0. The largest absolute Gasteiger partial charge is 0.480 e. The third-order valence-electron chi connectivity index (χ3n) is 2.69. The van der Waals surface area contributed by atoms with Gasteiger partial charge in [0.25, 0.3) is 0 Å². The number of aliphatic carboxylic acids is 1. The molecule has 0 unspecified atom stereocenters. The Morgan fingerprint density at radius 2 is 1.83 bits per heavy atom. The normalized spacial score (nSPS) is 10.7. The Labute approximate surface area is 108 Å². The van der Waals surface area contributed by atoms with Crippen molar-refractivity contribution < 1.29 is 24.2 Å². The van der Waals surface area contributed by atoms with Crippen LogP contribution in [-0.4, -0.2) is 61.4 Å². The standard InChI is InChI=1S/C12H23NO5/c1-4-10(5-2)13(6-7-17-3)11(14)8-18-9-12(15)16/h10H,4-9H2,1-3H3,(H,15,16). The Kier molecular flexibility index (Phi) is 9.22. The van der Waals surface area contributed by atoms with E-state index in [2.05, 4.69) is 0 Å². The number of carbonyl (C=O) groups is 2. The molecule has 0 saturated heterocycles. The second-order valence-electron chi connectivity index (χ2n) is 3.94. The molecule has 0 aliphatic heterocycles. The zero-order valence-corrected chi connectivity index (χ0v) is 11.3. The monoisotopic (exact) mass is 261 g/mol. The first-order valence-corrected chi connectivity index (χ1v) is 6.14. The third kappa shape index (κ3) is 6.56. The number of hydrogen-bond acceptors (Lipinski definition) is 4. The summed E-state index contributed by atoms with van der Waals surface area (Å²) in [6, 6.07) is 0.140. The molecule has 0 aromatic rings. The molecule has 18 heavy (non-hydrogen) atoms. The van der Waals surface area contributed by atoms with Crippen molar-refractivity contribution in [1.82, 2.24) is 4.90 Å². The fourth-order valence-corrected chi connectivity index (χ4v) is 1.74. The first-order chi connectivity index (χ1) is 8.56. The van der Waals surface area contributed by atoms with Crippen molar-refractivity contribution >= 4 is 11.9 Å². The molecule has 0 aliphatic carbocycles. The topological polar surface area (TPSA) is 76.1 Å². The van der Waals surface area contributed by atoms with Gasteiger partial charge in [-0.05, 0) is 12.8 Å². The molecule has 0 spiro atoms. The van der Waals surface area contributed by atoms with E-state index in [-0.39, 0.29) is 18.6 Å². The second-order valence-corrected chi connectivity index (χ2v) is 3.94. The van der Waals surface area contributed by atoms with Crippen LogP contribution >= 0.6 is 0 Å². The molecule has 6 nitrogen and oxygen atoms in total. The molecule has 0 radical (unpaired) electrons. The highest BCUT2D eigenvalue weighted by molar-refractivity contribution is 5.78. The van der Waals surface area contributed by atoms with Crippen LogP contribution in [0.2, 0.25) is 0 Å². The van der Waals surface area contributed by atoms with Crippen LogP contribution in [0.5, 0.6) is 0 Å². The molecule has 0 atom stereocenters. The highest BCUT2D eigenvalue weighted by Crippen LogP contribution is 2.09. The van der Waals surface area contributed by atoms with Gasteiger partial charge in [-0.1, -0.05) is 13.8 Å². The van der Waals surface area contributed by atoms with Gasteiger partial charge in [-0.2, -0.15) is 0 Å². The zero-order chi connectivity index (χ0) is 14.0. The van der Waals surface area contributed by atoms with E-state index in [1.165, 1.54) is 0 Å². The van der Waals surface area contributed by atoms with Crippen molar-refractivity contribution in [3.05, 3.63) is 0 Å². The Bertz CT molecular complexity index is 253. The average molecular weight is 261 g/mol. The summed E-state index contributed by atoms with van der Waals surface area (Å²) < 4.78 is 9.80. The number of ether oxygens (including phenoxy) is 2. The van der Waals surface area contributed by atoms with Gasteiger partial charge in [0, 0.05) is 19.7 Å². The highest BCUT2D eigenvalue weighted by Gasteiger charge is 2.20. The van der Waals surface area contributed by atoms with E-state index in [1.807, 2.05) is 13.8 Å². The van der Waals surface area contributed by atoms with Crippen molar-refractivity contribution in [1.29, 1.82) is 0 Å². The predicted octanol–water partition coefficient (Wildman–Crippen LogP) is 0.751. The lowest BCUT2D eigenvalue weighted by Crippen LogP contribution is -2.43. The number of carboxylic acid groups (broad SMARTS) is 1. The zero-order valence-electron chi connectivity index (χ0n) is 11.3. The van der Waals surface area contributed by atoms with Crippen LogP contribution in [0.4, 0.5) is 0 Å². The second kappa shape index (κ2) is 9.85. The van der Waals surface area contributed by atoms with Gasteiger partial charge in [0.05, 0.1) is 6.61 Å². The number of methoxy groups -OCH3 is 1. The molecule has 0 saturated carbocycles. The molecule has 1 amide bonds. The summed E-state index contributed by atoms with van der Waals surface area (Å²) in [6.07, 6.45) is 1.70. The molecule has 0 aromatic heterocycles. The molecule has 0 heterocycles. The maximum absolute atomic E-state index is 11.9. The molecule has 0 rings (SSSR count). The fraction of sp³-hybridized carbons (Fsp3) is 0.833. The number of carboxylic acids is 1. The van der Waals surface area contributed by atoms with E-state index in [0.717, 1.165) is 12.8 Å². The molecule has 0 aromatic carbocycles. The van der Waals surface area contributed by atoms with Crippen molar-refractivity contribution in [2.24, 2.45) is 0 Å². The van der Waals surface area contributed by atoms with Crippen LogP contribution in [0.1, 0.15) is 26.7 Å². The molecule has 6 heteroatoms. The van der Waals surface area contributed by atoms with Crippen molar-refractivity contribution in [2.75, 3.05) is 33.5 Å². The average Bonchev–Trinajstić information content (AvgIpc) is 2.33. The lowest BCUT2D eigenvalue weighted by Gasteiger charge is -2.30. The Balaban J connectivity index is 4.33. The fourth-order valence-electron chi connectivity index (χ4n) is 1.74. The maximum Gasteiger partial charge on any atom is 0.329 e. The van der Waals surface area contributed by atoms with Crippen molar-refractivity contribution in [3.8, 4) is 0 Å². The van der Waals surface area contributed by atoms with Gasteiger partial charge in [0.15, 0.2) is 0 Å². The van der Waals surface area contributed by atoms with Crippen LogP contribution in [-0.2, 0) is 19.1 Å². The van der Waals surface area contributed by atoms with Gasteiger partial charge in [-0.3, -0.25) is 4.79 Å². The summed E-state index contributed by atoms with van der Waals surface area (Å²) >= 11 is 0. The molecular formula is C12H23NO5. The summed E-state index contributed by atoms with van der Waals surface area (Å²) in [4.78, 5) is 23.9. The Hall–Kier alpha value is -1.14. The number of carbonyl (C=O) groups excluding carboxylic acids is 1. The SMILES string of the molecule is CCC(CC)N(CCOC)C(=O)COCC(=O)O. The summed E-state index contributed by atoms with van der Waals surface area (Å²) in [5, 5.41) is 8.44. The van der Waals surface area contributed by atoms with Gasteiger partial charge < -0.3 is 19.5 Å². The third-order valence-corrected chi connectivity index (χ3v) is 2.69. The lowest BCUT2D eigenvalue weighted by molar-refractivity contribution is -0.147. The quantitative estimate of drug-likeness (QED) is 0.628. The molecule has 106 valence electrons. The molecule has 0 fully saturated rings. The van der Waals surface area contributed by atoms with Crippen molar-refractivity contribution in [3.63, 3.8) is 0 Å². The lowest BCUT2D eigenvalue weighted by atomic mass is 10.1. The van der Waals surface area contributed by atoms with Crippen LogP contribution in [0, 0.1) is 0 Å². The van der Waals surface area contributed by atoms with Gasteiger partial charge >= 0.3 is 5.97 Å². The van der Waals surface area contributed by atoms with Gasteiger partial charge in [0.2, 0.25) is 5.91 Å². The Morgan fingerprint density at radius 1 is 1.22 bits per heavy atom. The van der Waals surface area contributed by atoms with Gasteiger partial charge in [-0.25, -0.2) is 4.79 Å². The first-order valence-electron chi connectivity index (χ1n) is 6.14. The minimum Gasteiger partial charge on any atom is -0.480 e. The molecule has 1 N–H and O–H groups in total. The van der Waals surface area contributed by atoms with Gasteiger partial charge in [0.1, 0.15) is 13.2 Å². The number of rotatable bonds is 10. The van der Waals surface area contributed by atoms with E-state index in [0.29, 0.717) is 13.2 Å². The van der Waals surface area contributed by atoms with Crippen LogP contribution in [0.15, 0.2) is 0 Å². The Morgan fingerprint density at radius 3 is 2.28 bits per heavy atom. The highest BCUT2D eigenvalue weighted by atomic mass is 16.5. The van der Waals surface area contributed by atoms with E-state index in [4.69, 9.17) is 14.6 Å². The van der Waals surface area contributed by atoms with Gasteiger partial charge in [-0.15, -0.1) is 0 Å². The van der Waals surface area contributed by atoms with Crippen LogP contribution < -0.4 is 0 Å². The summed E-state index contributed by atoms with van der Waals surface area (Å²) in [7, 11) is 1.58. The van der Waals surface area contributed by atoms with Crippen LogP contribution in [0.25, 0.3) is 0 Å². The predicted molar refractivity (Wildman–Crippen MR) is 66.4 cm³/mol. The molecular weight excluding hydrogens is 238 g/mol. The van der Waals surface area contributed by atoms with Crippen LogP contribution in [0.3, 0.4) is 0 Å².